The van der Waals surface area contributed by atoms with Crippen molar-refractivity contribution < 1.29 is 19.4 Å². The van der Waals surface area contributed by atoms with Crippen LogP contribution in [0.25, 0.3) is 0 Å². The average Bonchev–Trinajstić information content (AvgIpc) is 2.72. The average molecular weight is 269 g/mol. The first kappa shape index (κ1) is 12.9. The Morgan fingerprint density at radius 1 is 1.33 bits per heavy atom. The molecule has 0 aromatic heterocycles. The van der Waals surface area contributed by atoms with Gasteiger partial charge in [0.2, 0.25) is 0 Å². The van der Waals surface area contributed by atoms with Crippen molar-refractivity contribution in [2.24, 2.45) is 0 Å². The second-order valence-corrected chi connectivity index (χ2v) is 4.24. The summed E-state index contributed by atoms with van der Waals surface area (Å²) in [4.78, 5) is 11.0. The van der Waals surface area contributed by atoms with Crippen molar-refractivity contribution >= 4 is 17.6 Å². The van der Waals surface area contributed by atoms with Crippen LogP contribution in [0.3, 0.4) is 0 Å². The molecule has 1 heterocycles. The van der Waals surface area contributed by atoms with Crippen LogP contribution in [0.4, 0.5) is 0 Å². The number of ether oxygens (including phenoxy) is 2. The number of hydrogen-bond donors (Lipinski definition) is 1. The van der Waals surface area contributed by atoms with Crippen molar-refractivity contribution in [2.45, 2.75) is 12.2 Å². The van der Waals surface area contributed by atoms with Gasteiger partial charge in [-0.15, -0.1) is 11.6 Å². The molecule has 96 valence electrons. The summed E-state index contributed by atoms with van der Waals surface area (Å²) in [6.07, 6.45) is 3.29. The number of carbonyl (C=O) groups excluding carboxylic acids is 1. The molecule has 0 radical (unpaired) electrons. The summed E-state index contributed by atoms with van der Waals surface area (Å²) in [7, 11) is 0. The maximum atomic E-state index is 11.0. The van der Waals surface area contributed by atoms with Gasteiger partial charge in [0.1, 0.15) is 5.75 Å². The Morgan fingerprint density at radius 3 is 2.61 bits per heavy atom. The Balaban J connectivity index is 2.04. The van der Waals surface area contributed by atoms with Gasteiger partial charge >= 0.3 is 5.97 Å². The van der Waals surface area contributed by atoms with E-state index in [9.17, 15) is 9.90 Å². The van der Waals surface area contributed by atoms with Gasteiger partial charge in [0.25, 0.3) is 5.79 Å². The third-order valence-corrected chi connectivity index (χ3v) is 2.78. The summed E-state index contributed by atoms with van der Waals surface area (Å²) < 4.78 is 10.2. The van der Waals surface area contributed by atoms with Gasteiger partial charge in [-0.1, -0.05) is 0 Å². The Hall–Kier alpha value is -1.52. The van der Waals surface area contributed by atoms with Crippen molar-refractivity contribution in [1.82, 2.24) is 0 Å². The molecule has 0 spiro atoms. The molecule has 1 aromatic rings. The topological polar surface area (TPSA) is 55.8 Å². The maximum absolute atomic E-state index is 11.0. The summed E-state index contributed by atoms with van der Waals surface area (Å²) >= 11 is 5.54. The van der Waals surface area contributed by atoms with Crippen LogP contribution in [0.1, 0.15) is 12.0 Å². The molecule has 5 heteroatoms. The Kier molecular flexibility index (Phi) is 3.89. The molecule has 1 aliphatic heterocycles. The van der Waals surface area contributed by atoms with Gasteiger partial charge < -0.3 is 14.6 Å². The van der Waals surface area contributed by atoms with Crippen LogP contribution in [-0.4, -0.2) is 23.6 Å². The molecule has 2 rings (SSSR count). The number of carbonyl (C=O) groups is 1. The number of halogens is 1. The molecule has 1 N–H and O–H groups in total. The Morgan fingerprint density at radius 2 is 2.06 bits per heavy atom. The lowest BCUT2D eigenvalue weighted by atomic mass is 10.1. The van der Waals surface area contributed by atoms with Crippen LogP contribution in [0.2, 0.25) is 0 Å². The molecule has 0 saturated heterocycles. The van der Waals surface area contributed by atoms with E-state index in [0.29, 0.717) is 23.8 Å². The minimum Gasteiger partial charge on any atom is -0.494 e. The molecule has 0 bridgehead atoms. The van der Waals surface area contributed by atoms with E-state index in [1.165, 1.54) is 12.2 Å². The smallest absolute Gasteiger partial charge is 0.333 e. The van der Waals surface area contributed by atoms with Gasteiger partial charge in [-0.05, 0) is 36.8 Å². The van der Waals surface area contributed by atoms with E-state index in [4.69, 9.17) is 21.1 Å². The minimum atomic E-state index is -1.66. The van der Waals surface area contributed by atoms with Crippen LogP contribution in [0, 0.1) is 0 Å². The lowest BCUT2D eigenvalue weighted by Gasteiger charge is -2.20. The second-order valence-electron chi connectivity index (χ2n) is 3.87. The van der Waals surface area contributed by atoms with Gasteiger partial charge in [-0.3, -0.25) is 0 Å². The fourth-order valence-corrected chi connectivity index (χ4v) is 1.70. The molecule has 4 nitrogen and oxygen atoms in total. The SMILES string of the molecule is O=C1C=CC(O)(c2ccc(OCCCCl)cc2)O1. The zero-order valence-corrected chi connectivity index (χ0v) is 10.4. The van der Waals surface area contributed by atoms with E-state index in [1.54, 1.807) is 24.3 Å². The number of aliphatic hydroxyl groups is 1. The van der Waals surface area contributed by atoms with E-state index in [-0.39, 0.29) is 0 Å². The van der Waals surface area contributed by atoms with E-state index in [1.807, 2.05) is 0 Å². The molecule has 0 saturated carbocycles. The summed E-state index contributed by atoms with van der Waals surface area (Å²) in [5.41, 5.74) is 0.481. The summed E-state index contributed by atoms with van der Waals surface area (Å²) in [5.74, 6) is -0.981. The number of hydrogen-bond acceptors (Lipinski definition) is 4. The number of rotatable bonds is 5. The molecular formula is C13H13ClO4. The second kappa shape index (κ2) is 5.42. The van der Waals surface area contributed by atoms with Gasteiger partial charge in [0.15, 0.2) is 0 Å². The molecule has 0 amide bonds. The fraction of sp³-hybridized carbons (Fsp3) is 0.308. The first-order valence-corrected chi connectivity index (χ1v) is 6.11. The minimum absolute atomic E-state index is 0.481. The van der Waals surface area contributed by atoms with Gasteiger partial charge in [-0.25, -0.2) is 4.79 Å². The van der Waals surface area contributed by atoms with Crippen molar-refractivity contribution in [2.75, 3.05) is 12.5 Å². The van der Waals surface area contributed by atoms with Crippen LogP contribution < -0.4 is 4.74 Å². The summed E-state index contributed by atoms with van der Waals surface area (Å²) in [6.45, 7) is 0.544. The first-order chi connectivity index (χ1) is 8.64. The number of alkyl halides is 1. The molecule has 0 aliphatic carbocycles. The predicted molar refractivity (Wildman–Crippen MR) is 66.4 cm³/mol. The predicted octanol–water partition coefficient (Wildman–Crippen LogP) is 1.95. The lowest BCUT2D eigenvalue weighted by Crippen LogP contribution is -2.24. The highest BCUT2D eigenvalue weighted by Crippen LogP contribution is 2.30. The standard InChI is InChI=1S/C13H13ClO4/c14-8-1-9-17-11-4-2-10(3-5-11)13(16)7-6-12(15)18-13/h2-7,16H,1,8-9H2. The monoisotopic (exact) mass is 268 g/mol. The van der Waals surface area contributed by atoms with Crippen molar-refractivity contribution in [3.8, 4) is 5.75 Å². The normalized spacial score (nSPS) is 22.0. The lowest BCUT2D eigenvalue weighted by molar-refractivity contribution is -0.181. The third-order valence-electron chi connectivity index (χ3n) is 2.52. The quantitative estimate of drug-likeness (QED) is 0.504. The van der Waals surface area contributed by atoms with Gasteiger partial charge in [-0.2, -0.15) is 0 Å². The van der Waals surface area contributed by atoms with E-state index < -0.39 is 11.8 Å². The Bertz CT molecular complexity index is 455. The molecular weight excluding hydrogens is 256 g/mol. The van der Waals surface area contributed by atoms with Crippen LogP contribution >= 0.6 is 11.6 Å². The molecule has 18 heavy (non-hydrogen) atoms. The summed E-state index contributed by atoms with van der Waals surface area (Å²) in [5, 5.41) is 10.0. The van der Waals surface area contributed by atoms with Gasteiger partial charge in [0.05, 0.1) is 6.61 Å². The van der Waals surface area contributed by atoms with E-state index >= 15 is 0 Å². The van der Waals surface area contributed by atoms with Crippen molar-refractivity contribution in [3.05, 3.63) is 42.0 Å². The summed E-state index contributed by atoms with van der Waals surface area (Å²) in [6, 6.07) is 6.72. The molecule has 0 fully saturated rings. The van der Waals surface area contributed by atoms with Gasteiger partial charge in [0, 0.05) is 17.5 Å². The van der Waals surface area contributed by atoms with Crippen LogP contribution in [0.5, 0.6) is 5.75 Å². The zero-order chi connectivity index (χ0) is 13.0. The highest BCUT2D eigenvalue weighted by molar-refractivity contribution is 6.17. The first-order valence-electron chi connectivity index (χ1n) is 5.58. The van der Waals surface area contributed by atoms with E-state index in [2.05, 4.69) is 0 Å². The van der Waals surface area contributed by atoms with Crippen molar-refractivity contribution in [1.29, 1.82) is 0 Å². The third kappa shape index (κ3) is 2.83. The molecule has 1 aromatic carbocycles. The van der Waals surface area contributed by atoms with E-state index in [0.717, 1.165) is 6.42 Å². The molecule has 1 aliphatic rings. The number of esters is 1. The maximum Gasteiger partial charge on any atom is 0.333 e. The van der Waals surface area contributed by atoms with Crippen molar-refractivity contribution in [3.63, 3.8) is 0 Å². The number of benzene rings is 1. The number of cyclic esters (lactones) is 1. The highest BCUT2D eigenvalue weighted by Gasteiger charge is 2.35. The zero-order valence-electron chi connectivity index (χ0n) is 9.64. The molecule has 1 unspecified atom stereocenters. The fourth-order valence-electron chi connectivity index (χ4n) is 1.59. The largest absolute Gasteiger partial charge is 0.494 e. The van der Waals surface area contributed by atoms with Crippen LogP contribution in [-0.2, 0) is 15.3 Å². The Labute approximate surface area is 110 Å². The van der Waals surface area contributed by atoms with Crippen LogP contribution in [0.15, 0.2) is 36.4 Å². The highest BCUT2D eigenvalue weighted by atomic mass is 35.5. The molecule has 1 atom stereocenters.